The Morgan fingerprint density at radius 1 is 1.47 bits per heavy atom. The Balaban J connectivity index is 2.26. The monoisotopic (exact) mass is 244 g/mol. The third-order valence-corrected chi connectivity index (χ3v) is 2.99. The SMILES string of the molecule is CCCNC(CCN1CCCOCC1)C(=O)O. The van der Waals surface area contributed by atoms with Crippen LogP contribution in [-0.2, 0) is 9.53 Å². The first kappa shape index (κ1) is 14.4. The summed E-state index contributed by atoms with van der Waals surface area (Å²) in [6, 6.07) is -0.417. The van der Waals surface area contributed by atoms with Crippen LogP contribution >= 0.6 is 0 Å². The Morgan fingerprint density at radius 2 is 2.29 bits per heavy atom. The second-order valence-electron chi connectivity index (χ2n) is 4.44. The van der Waals surface area contributed by atoms with Gasteiger partial charge in [-0.3, -0.25) is 4.79 Å². The molecule has 0 aromatic heterocycles. The summed E-state index contributed by atoms with van der Waals surface area (Å²) in [5, 5.41) is 12.1. The van der Waals surface area contributed by atoms with E-state index in [0.717, 1.165) is 52.2 Å². The molecule has 1 aliphatic rings. The zero-order valence-electron chi connectivity index (χ0n) is 10.7. The molecule has 0 radical (unpaired) electrons. The first-order chi connectivity index (χ1) is 8.24. The van der Waals surface area contributed by atoms with Gasteiger partial charge in [0.05, 0.1) is 6.61 Å². The standard InChI is InChI=1S/C12H24N2O3/c1-2-5-13-11(12(15)16)4-7-14-6-3-9-17-10-8-14/h11,13H,2-10H2,1H3,(H,15,16). The van der Waals surface area contributed by atoms with Gasteiger partial charge < -0.3 is 20.1 Å². The molecule has 100 valence electrons. The number of carboxylic acids is 1. The molecular weight excluding hydrogens is 220 g/mol. The molecule has 1 unspecified atom stereocenters. The second kappa shape index (κ2) is 8.44. The van der Waals surface area contributed by atoms with Gasteiger partial charge in [-0.1, -0.05) is 6.92 Å². The molecule has 5 heteroatoms. The van der Waals surface area contributed by atoms with E-state index in [2.05, 4.69) is 10.2 Å². The van der Waals surface area contributed by atoms with Gasteiger partial charge in [-0.05, 0) is 25.8 Å². The van der Waals surface area contributed by atoms with E-state index in [9.17, 15) is 4.79 Å². The molecule has 1 saturated heterocycles. The first-order valence-corrected chi connectivity index (χ1v) is 6.50. The van der Waals surface area contributed by atoms with Crippen molar-refractivity contribution in [3.05, 3.63) is 0 Å². The third kappa shape index (κ3) is 6.00. The van der Waals surface area contributed by atoms with Crippen molar-refractivity contribution < 1.29 is 14.6 Å². The van der Waals surface area contributed by atoms with E-state index in [-0.39, 0.29) is 0 Å². The normalized spacial score (nSPS) is 19.8. The van der Waals surface area contributed by atoms with Crippen LogP contribution in [0.15, 0.2) is 0 Å². The summed E-state index contributed by atoms with van der Waals surface area (Å²) in [4.78, 5) is 13.3. The quantitative estimate of drug-likeness (QED) is 0.685. The number of nitrogens with zero attached hydrogens (tertiary/aromatic N) is 1. The summed E-state index contributed by atoms with van der Waals surface area (Å²) in [7, 11) is 0. The highest BCUT2D eigenvalue weighted by Crippen LogP contribution is 2.02. The molecule has 1 heterocycles. The Labute approximate surface area is 103 Å². The number of hydrogen-bond acceptors (Lipinski definition) is 4. The van der Waals surface area contributed by atoms with E-state index in [1.807, 2.05) is 6.92 Å². The van der Waals surface area contributed by atoms with Crippen molar-refractivity contribution in [2.45, 2.75) is 32.2 Å². The molecule has 0 aliphatic carbocycles. The zero-order valence-corrected chi connectivity index (χ0v) is 10.7. The van der Waals surface area contributed by atoms with Crippen molar-refractivity contribution in [3.8, 4) is 0 Å². The van der Waals surface area contributed by atoms with Crippen molar-refractivity contribution in [1.82, 2.24) is 10.2 Å². The minimum Gasteiger partial charge on any atom is -0.480 e. The van der Waals surface area contributed by atoms with Crippen LogP contribution in [0.4, 0.5) is 0 Å². The Bertz CT molecular complexity index is 216. The molecule has 0 bridgehead atoms. The van der Waals surface area contributed by atoms with Gasteiger partial charge in [-0.25, -0.2) is 0 Å². The van der Waals surface area contributed by atoms with Gasteiger partial charge in [0, 0.05) is 26.2 Å². The average molecular weight is 244 g/mol. The highest BCUT2D eigenvalue weighted by atomic mass is 16.5. The molecular formula is C12H24N2O3. The lowest BCUT2D eigenvalue weighted by Gasteiger charge is -2.21. The van der Waals surface area contributed by atoms with Gasteiger partial charge in [-0.15, -0.1) is 0 Å². The minimum atomic E-state index is -0.746. The van der Waals surface area contributed by atoms with Crippen molar-refractivity contribution in [2.24, 2.45) is 0 Å². The van der Waals surface area contributed by atoms with Crippen LogP contribution in [0, 0.1) is 0 Å². The maximum Gasteiger partial charge on any atom is 0.320 e. The number of carbonyl (C=O) groups is 1. The molecule has 1 fully saturated rings. The number of carboxylic acid groups (broad SMARTS) is 1. The van der Waals surface area contributed by atoms with Crippen LogP contribution in [-0.4, -0.2) is 61.4 Å². The summed E-state index contributed by atoms with van der Waals surface area (Å²) in [6.07, 6.45) is 2.66. The lowest BCUT2D eigenvalue weighted by molar-refractivity contribution is -0.139. The molecule has 1 rings (SSSR count). The summed E-state index contributed by atoms with van der Waals surface area (Å²) in [5.41, 5.74) is 0. The van der Waals surface area contributed by atoms with E-state index in [1.165, 1.54) is 0 Å². The van der Waals surface area contributed by atoms with Crippen LogP contribution in [0.1, 0.15) is 26.2 Å². The smallest absolute Gasteiger partial charge is 0.320 e. The molecule has 1 atom stereocenters. The molecule has 1 aliphatic heterocycles. The van der Waals surface area contributed by atoms with E-state index in [4.69, 9.17) is 9.84 Å². The average Bonchev–Trinajstić information content (AvgIpc) is 2.57. The predicted octanol–water partition coefficient (Wildman–Crippen LogP) is 0.552. The van der Waals surface area contributed by atoms with Gasteiger partial charge in [0.2, 0.25) is 0 Å². The topological polar surface area (TPSA) is 61.8 Å². The van der Waals surface area contributed by atoms with Gasteiger partial charge >= 0.3 is 5.97 Å². The minimum absolute atomic E-state index is 0.417. The highest BCUT2D eigenvalue weighted by molar-refractivity contribution is 5.73. The van der Waals surface area contributed by atoms with Gasteiger partial charge in [0.1, 0.15) is 6.04 Å². The highest BCUT2D eigenvalue weighted by Gasteiger charge is 2.18. The fraction of sp³-hybridized carbons (Fsp3) is 0.917. The van der Waals surface area contributed by atoms with Crippen molar-refractivity contribution in [1.29, 1.82) is 0 Å². The maximum absolute atomic E-state index is 11.0. The molecule has 0 saturated carbocycles. The number of ether oxygens (including phenoxy) is 1. The van der Waals surface area contributed by atoms with Crippen LogP contribution in [0.5, 0.6) is 0 Å². The number of rotatable bonds is 7. The molecule has 2 N–H and O–H groups in total. The molecule has 0 spiro atoms. The van der Waals surface area contributed by atoms with E-state index in [0.29, 0.717) is 6.42 Å². The maximum atomic E-state index is 11.0. The number of nitrogens with one attached hydrogen (secondary N) is 1. The van der Waals surface area contributed by atoms with Crippen LogP contribution in [0.25, 0.3) is 0 Å². The summed E-state index contributed by atoms with van der Waals surface area (Å²) < 4.78 is 5.37. The summed E-state index contributed by atoms with van der Waals surface area (Å²) in [6.45, 7) is 7.16. The Hall–Kier alpha value is -0.650. The number of aliphatic carboxylic acids is 1. The molecule has 0 aromatic carbocycles. The fourth-order valence-electron chi connectivity index (χ4n) is 1.96. The van der Waals surface area contributed by atoms with Gasteiger partial charge in [0.25, 0.3) is 0 Å². The van der Waals surface area contributed by atoms with E-state index < -0.39 is 12.0 Å². The molecule has 5 nitrogen and oxygen atoms in total. The first-order valence-electron chi connectivity index (χ1n) is 6.50. The summed E-state index contributed by atoms with van der Waals surface area (Å²) in [5.74, 6) is -0.746. The van der Waals surface area contributed by atoms with Crippen molar-refractivity contribution in [3.63, 3.8) is 0 Å². The van der Waals surface area contributed by atoms with Crippen LogP contribution in [0.3, 0.4) is 0 Å². The zero-order chi connectivity index (χ0) is 12.5. The lowest BCUT2D eigenvalue weighted by atomic mass is 10.2. The largest absolute Gasteiger partial charge is 0.480 e. The third-order valence-electron chi connectivity index (χ3n) is 2.99. The molecule has 17 heavy (non-hydrogen) atoms. The second-order valence-corrected chi connectivity index (χ2v) is 4.44. The summed E-state index contributed by atoms with van der Waals surface area (Å²) >= 11 is 0. The van der Waals surface area contributed by atoms with Crippen molar-refractivity contribution >= 4 is 5.97 Å². The molecule has 0 amide bonds. The predicted molar refractivity (Wildman–Crippen MR) is 66.2 cm³/mol. The lowest BCUT2D eigenvalue weighted by Crippen LogP contribution is -2.40. The van der Waals surface area contributed by atoms with Gasteiger partial charge in [0.15, 0.2) is 0 Å². The van der Waals surface area contributed by atoms with Crippen molar-refractivity contribution in [2.75, 3.05) is 39.4 Å². The van der Waals surface area contributed by atoms with Crippen LogP contribution < -0.4 is 5.32 Å². The van der Waals surface area contributed by atoms with Crippen LogP contribution in [0.2, 0.25) is 0 Å². The fourth-order valence-corrected chi connectivity index (χ4v) is 1.96. The Morgan fingerprint density at radius 3 is 3.00 bits per heavy atom. The van der Waals surface area contributed by atoms with E-state index in [1.54, 1.807) is 0 Å². The Kier molecular flexibility index (Phi) is 7.16. The van der Waals surface area contributed by atoms with Gasteiger partial charge in [-0.2, -0.15) is 0 Å². The number of hydrogen-bond donors (Lipinski definition) is 2. The van der Waals surface area contributed by atoms with E-state index >= 15 is 0 Å². The molecule has 0 aromatic rings.